The van der Waals surface area contributed by atoms with Gasteiger partial charge in [-0.3, -0.25) is 4.79 Å². The number of benzene rings is 1. The molecule has 2 rings (SSSR count). The minimum atomic E-state index is -0.315. The molecular weight excluding hydrogens is 299 g/mol. The van der Waals surface area contributed by atoms with Gasteiger partial charge >= 0.3 is 0 Å². The Morgan fingerprint density at radius 2 is 2.18 bits per heavy atom. The van der Waals surface area contributed by atoms with Gasteiger partial charge in [0.2, 0.25) is 0 Å². The molecule has 0 spiro atoms. The number of carbonyl (C=O) groups is 1. The summed E-state index contributed by atoms with van der Waals surface area (Å²) in [4.78, 5) is 14.5. The van der Waals surface area contributed by atoms with E-state index in [0.717, 1.165) is 13.1 Å². The van der Waals surface area contributed by atoms with E-state index in [1.54, 1.807) is 0 Å². The summed E-state index contributed by atoms with van der Waals surface area (Å²) >= 11 is 1.89. The standard InChI is InChI=1S/C17H25FN2OS/c1-22-11-3-10-20-9-2-4-14(13-20)12-19-17(21)15-5-7-16(18)8-6-15/h5-8,14H,2-4,9-13H2,1H3,(H,19,21)/t14-/m1/s1. The number of hydrogen-bond acceptors (Lipinski definition) is 3. The van der Waals surface area contributed by atoms with Gasteiger partial charge in [-0.05, 0) is 74.5 Å². The van der Waals surface area contributed by atoms with Crippen LogP contribution in [0.4, 0.5) is 4.39 Å². The highest BCUT2D eigenvalue weighted by Gasteiger charge is 2.20. The lowest BCUT2D eigenvalue weighted by Crippen LogP contribution is -2.41. The van der Waals surface area contributed by atoms with Crippen molar-refractivity contribution in [2.75, 3.05) is 38.2 Å². The SMILES string of the molecule is CSCCCN1CCC[C@H](CNC(=O)c2ccc(F)cc2)C1. The maximum absolute atomic E-state index is 12.9. The summed E-state index contributed by atoms with van der Waals surface area (Å²) in [5.74, 6) is 1.30. The molecule has 5 heteroatoms. The predicted molar refractivity (Wildman–Crippen MR) is 90.9 cm³/mol. The lowest BCUT2D eigenvalue weighted by molar-refractivity contribution is 0.0932. The van der Waals surface area contributed by atoms with Crippen LogP contribution in [0, 0.1) is 11.7 Å². The van der Waals surface area contributed by atoms with Crippen molar-refractivity contribution in [2.24, 2.45) is 5.92 Å². The Labute approximate surface area is 136 Å². The second kappa shape index (κ2) is 9.16. The Hall–Kier alpha value is -1.07. The molecule has 122 valence electrons. The molecule has 1 amide bonds. The fourth-order valence-electron chi connectivity index (χ4n) is 2.89. The molecular formula is C17H25FN2OS. The van der Waals surface area contributed by atoms with E-state index in [4.69, 9.17) is 0 Å². The Morgan fingerprint density at radius 3 is 2.91 bits per heavy atom. The Kier molecular flexibility index (Phi) is 7.19. The average Bonchev–Trinajstić information content (AvgIpc) is 2.54. The molecule has 1 saturated heterocycles. The minimum absolute atomic E-state index is 0.112. The topological polar surface area (TPSA) is 32.3 Å². The van der Waals surface area contributed by atoms with Crippen LogP contribution in [-0.4, -0.2) is 49.0 Å². The van der Waals surface area contributed by atoms with Crippen molar-refractivity contribution in [3.63, 3.8) is 0 Å². The van der Waals surface area contributed by atoms with E-state index >= 15 is 0 Å². The number of rotatable bonds is 7. The third-order valence-corrected chi connectivity index (χ3v) is 4.78. The maximum atomic E-state index is 12.9. The van der Waals surface area contributed by atoms with Crippen LogP contribution in [-0.2, 0) is 0 Å². The molecule has 0 saturated carbocycles. The summed E-state index contributed by atoms with van der Waals surface area (Å²) in [6.07, 6.45) is 5.75. The third-order valence-electron chi connectivity index (χ3n) is 4.08. The highest BCUT2D eigenvalue weighted by molar-refractivity contribution is 7.98. The summed E-state index contributed by atoms with van der Waals surface area (Å²) in [6.45, 7) is 4.10. The largest absolute Gasteiger partial charge is 0.352 e. The third kappa shape index (κ3) is 5.61. The Balaban J connectivity index is 1.73. The molecule has 3 nitrogen and oxygen atoms in total. The van der Waals surface area contributed by atoms with Gasteiger partial charge in [0.05, 0.1) is 0 Å². The van der Waals surface area contributed by atoms with Crippen LogP contribution < -0.4 is 5.32 Å². The highest BCUT2D eigenvalue weighted by Crippen LogP contribution is 2.16. The van der Waals surface area contributed by atoms with Crippen LogP contribution in [0.3, 0.4) is 0 Å². The molecule has 1 heterocycles. The van der Waals surface area contributed by atoms with Gasteiger partial charge in [0.15, 0.2) is 0 Å². The normalized spacial score (nSPS) is 19.1. The van der Waals surface area contributed by atoms with Crippen molar-refractivity contribution in [3.05, 3.63) is 35.6 Å². The van der Waals surface area contributed by atoms with E-state index in [-0.39, 0.29) is 11.7 Å². The van der Waals surface area contributed by atoms with E-state index in [1.165, 1.54) is 55.8 Å². The Morgan fingerprint density at radius 1 is 1.41 bits per heavy atom. The van der Waals surface area contributed by atoms with E-state index < -0.39 is 0 Å². The molecule has 1 aliphatic rings. The molecule has 1 aromatic carbocycles. The summed E-state index contributed by atoms with van der Waals surface area (Å²) < 4.78 is 12.9. The van der Waals surface area contributed by atoms with Gasteiger partial charge in [-0.1, -0.05) is 0 Å². The monoisotopic (exact) mass is 324 g/mol. The lowest BCUT2D eigenvalue weighted by Gasteiger charge is -2.32. The first-order chi connectivity index (χ1) is 10.7. The van der Waals surface area contributed by atoms with E-state index in [1.807, 2.05) is 11.8 Å². The number of hydrogen-bond donors (Lipinski definition) is 1. The quantitative estimate of drug-likeness (QED) is 0.783. The smallest absolute Gasteiger partial charge is 0.251 e. The van der Waals surface area contributed by atoms with Gasteiger partial charge in [-0.2, -0.15) is 11.8 Å². The average molecular weight is 324 g/mol. The molecule has 1 aliphatic heterocycles. The van der Waals surface area contributed by atoms with Gasteiger partial charge < -0.3 is 10.2 Å². The van der Waals surface area contributed by atoms with Crippen LogP contribution >= 0.6 is 11.8 Å². The number of nitrogens with one attached hydrogen (secondary N) is 1. The van der Waals surface area contributed by atoms with Gasteiger partial charge in [0, 0.05) is 18.7 Å². The number of nitrogens with zero attached hydrogens (tertiary/aromatic N) is 1. The fraction of sp³-hybridized carbons (Fsp3) is 0.588. The molecule has 0 unspecified atom stereocenters. The van der Waals surface area contributed by atoms with Crippen molar-refractivity contribution >= 4 is 17.7 Å². The summed E-state index contributed by atoms with van der Waals surface area (Å²) in [7, 11) is 0. The Bertz CT molecular complexity index is 466. The zero-order chi connectivity index (χ0) is 15.8. The van der Waals surface area contributed by atoms with Crippen LogP contribution in [0.5, 0.6) is 0 Å². The molecule has 1 N–H and O–H groups in total. The lowest BCUT2D eigenvalue weighted by atomic mass is 9.97. The highest BCUT2D eigenvalue weighted by atomic mass is 32.2. The molecule has 0 bridgehead atoms. The number of thioether (sulfide) groups is 1. The molecule has 0 radical (unpaired) electrons. The molecule has 22 heavy (non-hydrogen) atoms. The first kappa shape index (κ1) is 17.3. The van der Waals surface area contributed by atoms with Gasteiger partial charge in [0.1, 0.15) is 5.82 Å². The number of piperidine rings is 1. The summed E-state index contributed by atoms with van der Waals surface area (Å²) in [5.41, 5.74) is 0.522. The number of halogens is 1. The van der Waals surface area contributed by atoms with Crippen molar-refractivity contribution < 1.29 is 9.18 Å². The molecule has 0 aliphatic carbocycles. The zero-order valence-corrected chi connectivity index (χ0v) is 14.0. The minimum Gasteiger partial charge on any atom is -0.352 e. The fourth-order valence-corrected chi connectivity index (χ4v) is 3.31. The van der Waals surface area contributed by atoms with Gasteiger partial charge in [-0.15, -0.1) is 0 Å². The van der Waals surface area contributed by atoms with Crippen molar-refractivity contribution in [2.45, 2.75) is 19.3 Å². The molecule has 0 aromatic heterocycles. The van der Waals surface area contributed by atoms with Crippen molar-refractivity contribution in [3.8, 4) is 0 Å². The predicted octanol–water partition coefficient (Wildman–Crippen LogP) is 3.02. The van der Waals surface area contributed by atoms with Crippen LogP contribution in [0.2, 0.25) is 0 Å². The summed E-state index contributed by atoms with van der Waals surface area (Å²) in [6, 6.07) is 5.70. The molecule has 1 fully saturated rings. The second-order valence-electron chi connectivity index (χ2n) is 5.87. The van der Waals surface area contributed by atoms with Crippen LogP contribution in [0.25, 0.3) is 0 Å². The van der Waals surface area contributed by atoms with E-state index in [0.29, 0.717) is 18.0 Å². The van der Waals surface area contributed by atoms with E-state index in [2.05, 4.69) is 16.5 Å². The summed E-state index contributed by atoms with van der Waals surface area (Å²) in [5, 5.41) is 2.98. The second-order valence-corrected chi connectivity index (χ2v) is 6.86. The molecule has 1 atom stereocenters. The maximum Gasteiger partial charge on any atom is 0.251 e. The van der Waals surface area contributed by atoms with Gasteiger partial charge in [0.25, 0.3) is 5.91 Å². The number of carbonyl (C=O) groups excluding carboxylic acids is 1. The van der Waals surface area contributed by atoms with Crippen molar-refractivity contribution in [1.29, 1.82) is 0 Å². The number of amides is 1. The van der Waals surface area contributed by atoms with Crippen molar-refractivity contribution in [1.82, 2.24) is 10.2 Å². The van der Waals surface area contributed by atoms with E-state index in [9.17, 15) is 9.18 Å². The first-order valence-corrected chi connectivity index (χ1v) is 9.33. The van der Waals surface area contributed by atoms with Gasteiger partial charge in [-0.25, -0.2) is 4.39 Å². The first-order valence-electron chi connectivity index (χ1n) is 7.94. The zero-order valence-electron chi connectivity index (χ0n) is 13.2. The molecule has 1 aromatic rings. The van der Waals surface area contributed by atoms with Crippen LogP contribution in [0.15, 0.2) is 24.3 Å². The van der Waals surface area contributed by atoms with Crippen LogP contribution in [0.1, 0.15) is 29.6 Å². The number of likely N-dealkylation sites (tertiary alicyclic amines) is 1.